The van der Waals surface area contributed by atoms with E-state index in [0.29, 0.717) is 19.6 Å². The Morgan fingerprint density at radius 1 is 0.966 bits per heavy atom. The standard InChI is InChI=1S/C21H24F3N3O2/c1-28-18-8-4-16(5-9-18)3-2-14-29-19-10-6-17(7-11-19)12-13-26-15-27-20(25)21(22,23)24/h4-11,15H,2-3,12-14H2,1H3,(H2,25,26,27). The molecule has 0 spiro atoms. The van der Waals surface area contributed by atoms with Crippen LogP contribution in [0.5, 0.6) is 11.5 Å². The lowest BCUT2D eigenvalue weighted by Crippen LogP contribution is -2.31. The van der Waals surface area contributed by atoms with Gasteiger partial charge in [-0.15, -0.1) is 0 Å². The Balaban J connectivity index is 1.67. The summed E-state index contributed by atoms with van der Waals surface area (Å²) in [5.74, 6) is 0.207. The molecule has 0 saturated carbocycles. The lowest BCUT2D eigenvalue weighted by atomic mass is 10.1. The molecule has 0 radical (unpaired) electrons. The smallest absolute Gasteiger partial charge is 0.449 e. The molecule has 0 fully saturated rings. The van der Waals surface area contributed by atoms with Gasteiger partial charge in [0.1, 0.15) is 17.8 Å². The average molecular weight is 407 g/mol. The summed E-state index contributed by atoms with van der Waals surface area (Å²) in [5.41, 5.74) is 7.00. The number of hydrogen-bond donors (Lipinski definition) is 1. The van der Waals surface area contributed by atoms with Gasteiger partial charge >= 0.3 is 6.18 Å². The molecular formula is C21H24F3N3O2. The fourth-order valence-electron chi connectivity index (χ4n) is 2.44. The van der Waals surface area contributed by atoms with Crippen molar-refractivity contribution < 1.29 is 22.6 Å². The zero-order chi connectivity index (χ0) is 21.1. The number of methoxy groups -OCH3 is 1. The topological polar surface area (TPSA) is 69.2 Å². The van der Waals surface area contributed by atoms with Gasteiger partial charge in [0, 0.05) is 6.54 Å². The lowest BCUT2D eigenvalue weighted by Gasteiger charge is -2.07. The van der Waals surface area contributed by atoms with Gasteiger partial charge in [-0.3, -0.25) is 4.99 Å². The van der Waals surface area contributed by atoms with Gasteiger partial charge in [-0.05, 0) is 54.7 Å². The summed E-state index contributed by atoms with van der Waals surface area (Å²) in [7, 11) is 1.64. The van der Waals surface area contributed by atoms with Gasteiger partial charge < -0.3 is 15.2 Å². The highest BCUT2D eigenvalue weighted by Crippen LogP contribution is 2.15. The molecule has 0 aliphatic carbocycles. The minimum Gasteiger partial charge on any atom is -0.497 e. The molecule has 0 amide bonds. The number of ether oxygens (including phenoxy) is 2. The first-order chi connectivity index (χ1) is 13.9. The van der Waals surface area contributed by atoms with Crippen LogP contribution in [0.1, 0.15) is 17.5 Å². The largest absolute Gasteiger partial charge is 0.497 e. The molecule has 0 aliphatic heterocycles. The van der Waals surface area contributed by atoms with Crippen LogP contribution >= 0.6 is 0 Å². The molecule has 29 heavy (non-hydrogen) atoms. The summed E-state index contributed by atoms with van der Waals surface area (Å²) >= 11 is 0. The zero-order valence-electron chi connectivity index (χ0n) is 16.2. The Labute approximate surface area is 168 Å². The van der Waals surface area contributed by atoms with Crippen molar-refractivity contribution in [3.8, 4) is 11.5 Å². The van der Waals surface area contributed by atoms with Crippen molar-refractivity contribution in [2.75, 3.05) is 20.3 Å². The van der Waals surface area contributed by atoms with Crippen molar-refractivity contribution in [3.63, 3.8) is 0 Å². The molecule has 8 heteroatoms. The minimum absolute atomic E-state index is 0.316. The molecule has 5 nitrogen and oxygen atoms in total. The highest BCUT2D eigenvalue weighted by Gasteiger charge is 2.33. The zero-order valence-corrected chi connectivity index (χ0v) is 16.2. The van der Waals surface area contributed by atoms with Gasteiger partial charge in [0.05, 0.1) is 13.7 Å². The summed E-state index contributed by atoms with van der Waals surface area (Å²) < 4.78 is 47.3. The molecule has 0 unspecified atom stereocenters. The van der Waals surface area contributed by atoms with E-state index in [9.17, 15) is 13.2 Å². The molecule has 0 aliphatic rings. The van der Waals surface area contributed by atoms with Gasteiger partial charge in [0.15, 0.2) is 0 Å². The molecule has 156 valence electrons. The molecular weight excluding hydrogens is 383 g/mol. The van der Waals surface area contributed by atoms with E-state index in [0.717, 1.165) is 36.2 Å². The van der Waals surface area contributed by atoms with E-state index in [4.69, 9.17) is 15.2 Å². The van der Waals surface area contributed by atoms with Crippen LogP contribution in [-0.2, 0) is 12.8 Å². The summed E-state index contributed by atoms with van der Waals surface area (Å²) in [6.07, 6.45) is -1.40. The molecule has 2 aromatic carbocycles. The Bertz CT molecular complexity index is 801. The summed E-state index contributed by atoms with van der Waals surface area (Å²) in [6, 6.07) is 15.5. The number of aliphatic imine (C=N–C) groups is 2. The third kappa shape index (κ3) is 8.25. The highest BCUT2D eigenvalue weighted by atomic mass is 19.4. The monoisotopic (exact) mass is 407 g/mol. The Kier molecular flexibility index (Phi) is 8.51. The number of aryl methyl sites for hydroxylation is 1. The molecule has 0 aromatic heterocycles. The van der Waals surface area contributed by atoms with Gasteiger partial charge in [0.2, 0.25) is 5.84 Å². The normalized spacial score (nSPS) is 12.3. The number of alkyl halides is 3. The predicted octanol–water partition coefficient (Wildman–Crippen LogP) is 4.20. The minimum atomic E-state index is -4.63. The third-order valence-electron chi connectivity index (χ3n) is 4.06. The number of hydrogen-bond acceptors (Lipinski definition) is 3. The predicted molar refractivity (Wildman–Crippen MR) is 108 cm³/mol. The number of amidine groups is 1. The quantitative estimate of drug-likeness (QED) is 0.365. The number of rotatable bonds is 10. The molecule has 0 atom stereocenters. The van der Waals surface area contributed by atoms with E-state index in [1.54, 1.807) is 7.11 Å². The van der Waals surface area contributed by atoms with Crippen molar-refractivity contribution in [2.24, 2.45) is 15.7 Å². The van der Waals surface area contributed by atoms with Crippen LogP contribution in [0.15, 0.2) is 58.5 Å². The fraction of sp³-hybridized carbons (Fsp3) is 0.333. The van der Waals surface area contributed by atoms with Gasteiger partial charge in [-0.25, -0.2) is 4.99 Å². The maximum Gasteiger partial charge on any atom is 0.449 e. The van der Waals surface area contributed by atoms with Crippen molar-refractivity contribution in [1.82, 2.24) is 0 Å². The van der Waals surface area contributed by atoms with E-state index in [1.807, 2.05) is 48.5 Å². The molecule has 0 saturated heterocycles. The van der Waals surface area contributed by atoms with Crippen LogP contribution in [0.3, 0.4) is 0 Å². The number of halogens is 3. The van der Waals surface area contributed by atoms with E-state index in [2.05, 4.69) is 9.98 Å². The fourth-order valence-corrected chi connectivity index (χ4v) is 2.44. The van der Waals surface area contributed by atoms with Crippen LogP contribution in [0.4, 0.5) is 13.2 Å². The van der Waals surface area contributed by atoms with E-state index in [-0.39, 0.29) is 0 Å². The van der Waals surface area contributed by atoms with E-state index in [1.165, 1.54) is 5.56 Å². The maximum atomic E-state index is 12.2. The second-order valence-electron chi connectivity index (χ2n) is 6.23. The summed E-state index contributed by atoms with van der Waals surface area (Å²) in [6.45, 7) is 0.922. The van der Waals surface area contributed by atoms with E-state index < -0.39 is 12.0 Å². The highest BCUT2D eigenvalue weighted by molar-refractivity contribution is 5.91. The summed E-state index contributed by atoms with van der Waals surface area (Å²) in [4.78, 5) is 6.88. The van der Waals surface area contributed by atoms with Crippen molar-refractivity contribution in [3.05, 3.63) is 59.7 Å². The van der Waals surface area contributed by atoms with Crippen molar-refractivity contribution in [2.45, 2.75) is 25.4 Å². The second kappa shape index (κ2) is 11.1. The Hall–Kier alpha value is -3.03. The van der Waals surface area contributed by atoms with Crippen LogP contribution in [-0.4, -0.2) is 38.6 Å². The first-order valence-electron chi connectivity index (χ1n) is 9.12. The Morgan fingerprint density at radius 2 is 1.55 bits per heavy atom. The van der Waals surface area contributed by atoms with Gasteiger partial charge in [-0.2, -0.15) is 13.2 Å². The number of benzene rings is 2. The third-order valence-corrected chi connectivity index (χ3v) is 4.06. The van der Waals surface area contributed by atoms with Crippen LogP contribution in [0.2, 0.25) is 0 Å². The molecule has 0 heterocycles. The Morgan fingerprint density at radius 3 is 2.14 bits per heavy atom. The van der Waals surface area contributed by atoms with Crippen molar-refractivity contribution in [1.29, 1.82) is 0 Å². The average Bonchev–Trinajstić information content (AvgIpc) is 2.71. The van der Waals surface area contributed by atoms with Crippen LogP contribution in [0.25, 0.3) is 0 Å². The van der Waals surface area contributed by atoms with Gasteiger partial charge in [0.25, 0.3) is 0 Å². The molecule has 2 N–H and O–H groups in total. The first-order valence-corrected chi connectivity index (χ1v) is 9.12. The summed E-state index contributed by atoms with van der Waals surface area (Å²) in [5, 5.41) is 0. The van der Waals surface area contributed by atoms with Crippen LogP contribution in [0, 0.1) is 0 Å². The molecule has 0 bridgehead atoms. The second-order valence-corrected chi connectivity index (χ2v) is 6.23. The maximum absolute atomic E-state index is 12.2. The number of nitrogens with zero attached hydrogens (tertiary/aromatic N) is 2. The van der Waals surface area contributed by atoms with E-state index >= 15 is 0 Å². The van der Waals surface area contributed by atoms with Gasteiger partial charge in [-0.1, -0.05) is 24.3 Å². The van der Waals surface area contributed by atoms with Crippen LogP contribution < -0.4 is 15.2 Å². The molecule has 2 rings (SSSR count). The number of nitrogens with two attached hydrogens (primary N) is 1. The SMILES string of the molecule is COc1ccc(CCCOc2ccc(CCN=CN=C(N)C(F)(F)F)cc2)cc1. The van der Waals surface area contributed by atoms with Crippen molar-refractivity contribution >= 4 is 12.2 Å². The molecule has 2 aromatic rings. The lowest BCUT2D eigenvalue weighted by molar-refractivity contribution is -0.0596. The first kappa shape index (κ1) is 22.3.